The Balaban J connectivity index is 1.58. The fourth-order valence-corrected chi connectivity index (χ4v) is 6.56. The molecule has 1 fully saturated rings. The largest absolute Gasteiger partial charge is 0.477 e. The second kappa shape index (κ2) is 8.83. The molecule has 0 amide bonds. The highest BCUT2D eigenvalue weighted by Gasteiger charge is 2.43. The van der Waals surface area contributed by atoms with Crippen LogP contribution in [0.15, 0.2) is 35.4 Å². The third kappa shape index (κ3) is 4.14. The summed E-state index contributed by atoms with van der Waals surface area (Å²) in [4.78, 5) is 4.90. The number of ether oxygens (including phenoxy) is 1. The number of anilines is 2. The van der Waals surface area contributed by atoms with E-state index in [4.69, 9.17) is 9.84 Å². The fourth-order valence-electron chi connectivity index (χ4n) is 4.89. The second-order valence-corrected chi connectivity index (χ2v) is 12.7. The molecule has 0 radical (unpaired) electrons. The molecule has 0 unspecified atom stereocenters. The Morgan fingerprint density at radius 1 is 1.31 bits per heavy atom. The highest BCUT2D eigenvalue weighted by atomic mass is 32.2. The highest BCUT2D eigenvalue weighted by Crippen LogP contribution is 2.45. The summed E-state index contributed by atoms with van der Waals surface area (Å²) in [5.74, 6) is 1.56. The molecule has 2 aliphatic rings. The molecule has 0 bridgehead atoms. The summed E-state index contributed by atoms with van der Waals surface area (Å²) in [6.45, 7) is 6.20. The molecular weight excluding hydrogens is 462 g/mol. The van der Waals surface area contributed by atoms with Crippen LogP contribution in [-0.4, -0.2) is 34.5 Å². The Labute approximate surface area is 206 Å². The van der Waals surface area contributed by atoms with Gasteiger partial charge in [-0.05, 0) is 75.3 Å². The Bertz CT molecular complexity index is 1420. The topological polar surface area (TPSA) is 110 Å². The minimum atomic E-state index is -3.35. The maximum absolute atomic E-state index is 12.8. The van der Waals surface area contributed by atoms with E-state index in [1.54, 1.807) is 32.2 Å². The van der Waals surface area contributed by atoms with Gasteiger partial charge in [0.1, 0.15) is 5.39 Å². The number of hydrogen-bond acceptors (Lipinski definition) is 7. The van der Waals surface area contributed by atoms with Crippen LogP contribution in [0.5, 0.6) is 5.88 Å². The van der Waals surface area contributed by atoms with E-state index < -0.39 is 14.6 Å². The van der Waals surface area contributed by atoms with Gasteiger partial charge in [-0.3, -0.25) is 4.68 Å². The van der Waals surface area contributed by atoms with Crippen LogP contribution >= 0.6 is 0 Å². The quantitative estimate of drug-likeness (QED) is 0.401. The molecule has 1 saturated carbocycles. The Morgan fingerprint density at radius 2 is 2.11 bits per heavy atom. The average Bonchev–Trinajstić information content (AvgIpc) is 3.56. The van der Waals surface area contributed by atoms with E-state index in [-0.39, 0.29) is 6.04 Å². The van der Waals surface area contributed by atoms with Gasteiger partial charge in [-0.15, -0.1) is 0 Å². The molecule has 0 saturated heterocycles. The first-order valence-electron chi connectivity index (χ1n) is 12.3. The van der Waals surface area contributed by atoms with Gasteiger partial charge >= 0.3 is 0 Å². The number of hydrogen-bond donors (Lipinski definition) is 1. The first kappa shape index (κ1) is 23.6. The fraction of sp³-hybridized carbons (Fsp3) is 0.500. The van der Waals surface area contributed by atoms with E-state index in [2.05, 4.69) is 23.3 Å². The number of benzene rings is 1. The molecule has 2 aromatic heterocycles. The minimum Gasteiger partial charge on any atom is -0.477 e. The smallest absolute Gasteiger partial charge is 0.226 e. The van der Waals surface area contributed by atoms with E-state index in [1.807, 2.05) is 16.8 Å². The minimum absolute atomic E-state index is 0.00472. The standard InChI is InChI=1S/C26H31N5O3S/c1-4-5-14-34-25-23-21(11-13-28-25)31(20(10-12-27)17-6-7-17)30-24(23)29-19-8-9-22-18(15-19)16-26(2,3)35(22,32)33/h8-9,11,13,15,17,20H,4-7,10,14,16H2,1-3H3,(H,29,30)/t20-/m0/s1. The predicted octanol–water partition coefficient (Wildman–Crippen LogP) is 5.33. The van der Waals surface area contributed by atoms with Crippen LogP contribution in [0.2, 0.25) is 0 Å². The van der Waals surface area contributed by atoms with Crippen LogP contribution in [0, 0.1) is 17.2 Å². The SMILES string of the molecule is CCCCOc1nccc2c1c(Nc1ccc3c(c1)CC(C)(C)S3(=O)=O)nn2[C@@H](CC#N)C1CC1. The number of fused-ring (bicyclic) bond motifs is 2. The summed E-state index contributed by atoms with van der Waals surface area (Å²) < 4.78 is 32.9. The zero-order valence-corrected chi connectivity index (χ0v) is 21.2. The first-order valence-corrected chi connectivity index (χ1v) is 13.8. The molecule has 35 heavy (non-hydrogen) atoms. The molecule has 0 spiro atoms. The van der Waals surface area contributed by atoms with Gasteiger partial charge in [-0.1, -0.05) is 13.3 Å². The number of nitriles is 1. The maximum Gasteiger partial charge on any atom is 0.226 e. The van der Waals surface area contributed by atoms with Crippen LogP contribution in [0.4, 0.5) is 11.5 Å². The normalized spacial score (nSPS) is 18.7. The van der Waals surface area contributed by atoms with Crippen molar-refractivity contribution in [2.75, 3.05) is 11.9 Å². The lowest BCUT2D eigenvalue weighted by molar-refractivity contribution is 0.302. The summed E-state index contributed by atoms with van der Waals surface area (Å²) in [7, 11) is -3.35. The van der Waals surface area contributed by atoms with Crippen LogP contribution < -0.4 is 10.1 Å². The van der Waals surface area contributed by atoms with Crippen molar-refractivity contribution in [3.8, 4) is 11.9 Å². The van der Waals surface area contributed by atoms with Crippen LogP contribution in [0.1, 0.15) is 64.5 Å². The number of pyridine rings is 1. The number of rotatable bonds is 9. The third-order valence-corrected chi connectivity index (χ3v) is 9.64. The van der Waals surface area contributed by atoms with E-state index in [9.17, 15) is 13.7 Å². The third-order valence-electron chi connectivity index (χ3n) is 7.06. The molecule has 1 N–H and O–H groups in total. The average molecular weight is 494 g/mol. The molecule has 1 aromatic carbocycles. The first-order chi connectivity index (χ1) is 16.8. The van der Waals surface area contributed by atoms with Crippen LogP contribution in [0.25, 0.3) is 10.9 Å². The number of nitrogens with zero attached hydrogens (tertiary/aromatic N) is 4. The van der Waals surface area contributed by atoms with Crippen molar-refractivity contribution in [2.45, 2.75) is 75.0 Å². The maximum atomic E-state index is 12.8. The van der Waals surface area contributed by atoms with Crippen LogP contribution in [0.3, 0.4) is 0 Å². The van der Waals surface area contributed by atoms with Crippen molar-refractivity contribution < 1.29 is 13.2 Å². The zero-order chi connectivity index (χ0) is 24.8. The molecule has 3 aromatic rings. The van der Waals surface area contributed by atoms with Gasteiger partial charge in [0.25, 0.3) is 0 Å². The molecule has 184 valence electrons. The molecule has 1 atom stereocenters. The molecular formula is C26H31N5O3S. The van der Waals surface area contributed by atoms with Crippen molar-refractivity contribution >= 4 is 32.2 Å². The van der Waals surface area contributed by atoms with Crippen molar-refractivity contribution in [2.24, 2.45) is 5.92 Å². The Morgan fingerprint density at radius 3 is 2.83 bits per heavy atom. The molecule has 5 rings (SSSR count). The number of unbranched alkanes of at least 4 members (excludes halogenated alkanes) is 1. The second-order valence-electron chi connectivity index (χ2n) is 10.2. The molecule has 3 heterocycles. The van der Waals surface area contributed by atoms with Crippen molar-refractivity contribution in [1.82, 2.24) is 14.8 Å². The van der Waals surface area contributed by atoms with Crippen LogP contribution in [-0.2, 0) is 16.3 Å². The zero-order valence-electron chi connectivity index (χ0n) is 20.4. The molecule has 9 heteroatoms. The van der Waals surface area contributed by atoms with Gasteiger partial charge in [-0.2, -0.15) is 10.4 Å². The lowest BCUT2D eigenvalue weighted by Gasteiger charge is -2.15. The van der Waals surface area contributed by atoms with Crippen molar-refractivity contribution in [1.29, 1.82) is 5.26 Å². The van der Waals surface area contributed by atoms with Gasteiger partial charge in [0.2, 0.25) is 5.88 Å². The Kier molecular flexibility index (Phi) is 5.96. The predicted molar refractivity (Wildman–Crippen MR) is 135 cm³/mol. The van der Waals surface area contributed by atoms with Gasteiger partial charge in [0.15, 0.2) is 15.7 Å². The van der Waals surface area contributed by atoms with E-state index in [0.29, 0.717) is 42.0 Å². The Hall–Kier alpha value is -3.12. The summed E-state index contributed by atoms with van der Waals surface area (Å²) in [5, 5.41) is 18.6. The lowest BCUT2D eigenvalue weighted by atomic mass is 10.0. The van der Waals surface area contributed by atoms with Gasteiger partial charge in [-0.25, -0.2) is 13.4 Å². The lowest BCUT2D eigenvalue weighted by Crippen LogP contribution is -2.27. The summed E-state index contributed by atoms with van der Waals surface area (Å²) >= 11 is 0. The van der Waals surface area contributed by atoms with Crippen molar-refractivity contribution in [3.05, 3.63) is 36.0 Å². The van der Waals surface area contributed by atoms with Gasteiger partial charge < -0.3 is 10.1 Å². The van der Waals surface area contributed by atoms with Gasteiger partial charge in [0.05, 0.1) is 40.3 Å². The summed E-state index contributed by atoms with van der Waals surface area (Å²) in [5.41, 5.74) is 2.45. The molecule has 1 aliphatic heterocycles. The van der Waals surface area contributed by atoms with Gasteiger partial charge in [0, 0.05) is 11.9 Å². The molecule has 1 aliphatic carbocycles. The summed E-state index contributed by atoms with van der Waals surface area (Å²) in [6.07, 6.45) is 6.70. The molecule has 8 nitrogen and oxygen atoms in total. The number of sulfone groups is 1. The van der Waals surface area contributed by atoms with E-state index in [0.717, 1.165) is 47.8 Å². The van der Waals surface area contributed by atoms with Crippen molar-refractivity contribution in [3.63, 3.8) is 0 Å². The number of aromatic nitrogens is 3. The summed E-state index contributed by atoms with van der Waals surface area (Å²) in [6, 6.07) is 9.60. The van der Waals surface area contributed by atoms with E-state index >= 15 is 0 Å². The number of nitrogens with one attached hydrogen (secondary N) is 1. The van der Waals surface area contributed by atoms with E-state index in [1.165, 1.54) is 0 Å². The highest BCUT2D eigenvalue weighted by molar-refractivity contribution is 7.93. The monoisotopic (exact) mass is 493 g/mol.